The quantitative estimate of drug-likeness (QED) is 0.772. The number of hydrogen-bond donors (Lipinski definition) is 0. The molecule has 2 heterocycles. The SMILES string of the molecule is CCCCN1C[C@@H]2CSCCS(=O)(=O)N2C1=O. The molecule has 0 N–H and O–H groups in total. The molecule has 0 aromatic heterocycles. The first-order valence-electron chi connectivity index (χ1n) is 5.95. The Morgan fingerprint density at radius 2 is 2.24 bits per heavy atom. The van der Waals surface area contributed by atoms with Crippen molar-refractivity contribution < 1.29 is 13.2 Å². The van der Waals surface area contributed by atoms with Crippen molar-refractivity contribution in [3.63, 3.8) is 0 Å². The number of thioether (sulfide) groups is 1. The van der Waals surface area contributed by atoms with Crippen molar-refractivity contribution in [2.75, 3.05) is 30.3 Å². The number of unbranched alkanes of at least 4 members (excludes halogenated alkanes) is 1. The lowest BCUT2D eigenvalue weighted by molar-refractivity contribution is 0.206. The Hall–Kier alpha value is -0.430. The molecule has 1 atom stereocenters. The van der Waals surface area contributed by atoms with E-state index in [4.69, 9.17) is 0 Å². The summed E-state index contributed by atoms with van der Waals surface area (Å²) in [4.78, 5) is 13.8. The first-order chi connectivity index (χ1) is 8.06. The number of nitrogens with zero attached hydrogens (tertiary/aromatic N) is 2. The zero-order valence-electron chi connectivity index (χ0n) is 9.96. The van der Waals surface area contributed by atoms with Crippen molar-refractivity contribution in [3.8, 4) is 0 Å². The van der Waals surface area contributed by atoms with Gasteiger partial charge in [0.1, 0.15) is 0 Å². The van der Waals surface area contributed by atoms with Crippen LogP contribution in [0, 0.1) is 0 Å². The molecule has 0 radical (unpaired) electrons. The van der Waals surface area contributed by atoms with Gasteiger partial charge >= 0.3 is 6.03 Å². The lowest BCUT2D eigenvalue weighted by Crippen LogP contribution is -2.41. The van der Waals surface area contributed by atoms with Crippen LogP contribution in [0.4, 0.5) is 4.79 Å². The van der Waals surface area contributed by atoms with Crippen molar-refractivity contribution in [1.29, 1.82) is 0 Å². The predicted octanol–water partition coefficient (Wildman–Crippen LogP) is 0.969. The highest BCUT2D eigenvalue weighted by Gasteiger charge is 2.44. The Labute approximate surface area is 107 Å². The molecule has 2 fully saturated rings. The minimum absolute atomic E-state index is 0.0848. The summed E-state index contributed by atoms with van der Waals surface area (Å²) in [7, 11) is -3.38. The normalized spacial score (nSPS) is 28.1. The van der Waals surface area contributed by atoms with Crippen LogP contribution in [-0.2, 0) is 10.0 Å². The summed E-state index contributed by atoms with van der Waals surface area (Å²) in [6, 6.07) is -0.470. The molecular formula is C10H18N2O3S2. The van der Waals surface area contributed by atoms with E-state index in [9.17, 15) is 13.2 Å². The van der Waals surface area contributed by atoms with E-state index >= 15 is 0 Å². The van der Waals surface area contributed by atoms with Crippen LogP contribution in [0.3, 0.4) is 0 Å². The second-order valence-corrected chi connectivity index (χ2v) is 7.54. The maximum absolute atomic E-state index is 12.1. The molecular weight excluding hydrogens is 260 g/mol. The summed E-state index contributed by atoms with van der Waals surface area (Å²) in [5, 5.41) is 0. The maximum Gasteiger partial charge on any atom is 0.334 e. The molecule has 0 unspecified atom stereocenters. The maximum atomic E-state index is 12.1. The predicted molar refractivity (Wildman–Crippen MR) is 68.6 cm³/mol. The summed E-state index contributed by atoms with van der Waals surface area (Å²) in [5.74, 6) is 1.41. The van der Waals surface area contributed by atoms with Gasteiger partial charge < -0.3 is 4.90 Å². The third-order valence-corrected chi connectivity index (χ3v) is 6.24. The molecule has 0 bridgehead atoms. The molecule has 0 saturated carbocycles. The van der Waals surface area contributed by atoms with Gasteiger partial charge in [0, 0.05) is 24.6 Å². The molecule has 5 nitrogen and oxygen atoms in total. The van der Waals surface area contributed by atoms with Gasteiger partial charge in [-0.25, -0.2) is 17.5 Å². The van der Waals surface area contributed by atoms with Crippen LogP contribution in [0.25, 0.3) is 0 Å². The first kappa shape index (κ1) is 13.0. The molecule has 2 amide bonds. The zero-order chi connectivity index (χ0) is 12.5. The van der Waals surface area contributed by atoms with Crippen LogP contribution >= 0.6 is 11.8 Å². The van der Waals surface area contributed by atoms with Gasteiger partial charge in [0.2, 0.25) is 10.0 Å². The summed E-state index contributed by atoms with van der Waals surface area (Å²) < 4.78 is 25.1. The molecule has 17 heavy (non-hydrogen) atoms. The third kappa shape index (κ3) is 2.54. The number of amides is 2. The number of urea groups is 1. The Morgan fingerprint density at radius 1 is 1.47 bits per heavy atom. The van der Waals surface area contributed by atoms with Crippen LogP contribution < -0.4 is 0 Å². The van der Waals surface area contributed by atoms with Crippen molar-refractivity contribution in [3.05, 3.63) is 0 Å². The Kier molecular flexibility index (Phi) is 3.87. The zero-order valence-corrected chi connectivity index (χ0v) is 11.6. The highest BCUT2D eigenvalue weighted by Crippen LogP contribution is 2.27. The summed E-state index contributed by atoms with van der Waals surface area (Å²) in [6.07, 6.45) is 1.94. The standard InChI is InChI=1S/C10H18N2O3S2/c1-2-3-4-11-7-9-8-16-5-6-17(14,15)12(9)10(11)13/h9H,2-8H2,1H3/t9-/m1/s1. The molecule has 0 aliphatic carbocycles. The molecule has 0 spiro atoms. The van der Waals surface area contributed by atoms with Gasteiger partial charge in [0.15, 0.2) is 0 Å². The number of hydrogen-bond acceptors (Lipinski definition) is 4. The van der Waals surface area contributed by atoms with Gasteiger partial charge in [-0.3, -0.25) is 0 Å². The second kappa shape index (κ2) is 5.06. The molecule has 2 saturated heterocycles. The fraction of sp³-hybridized carbons (Fsp3) is 0.900. The monoisotopic (exact) mass is 278 g/mol. The van der Waals surface area contributed by atoms with Crippen LogP contribution in [0.5, 0.6) is 0 Å². The van der Waals surface area contributed by atoms with Crippen molar-refractivity contribution in [1.82, 2.24) is 9.21 Å². The van der Waals surface area contributed by atoms with Crippen LogP contribution in [0.15, 0.2) is 0 Å². The van der Waals surface area contributed by atoms with Gasteiger partial charge in [0.25, 0.3) is 0 Å². The molecule has 0 aromatic carbocycles. The van der Waals surface area contributed by atoms with Crippen molar-refractivity contribution >= 4 is 27.8 Å². The van der Waals surface area contributed by atoms with E-state index in [0.29, 0.717) is 18.8 Å². The molecule has 0 aromatic rings. The van der Waals surface area contributed by atoms with Gasteiger partial charge in [-0.1, -0.05) is 13.3 Å². The smallest absolute Gasteiger partial charge is 0.322 e. The summed E-state index contributed by atoms with van der Waals surface area (Å²) >= 11 is 1.62. The molecule has 2 aliphatic rings. The second-order valence-electron chi connectivity index (χ2n) is 4.42. The fourth-order valence-electron chi connectivity index (χ4n) is 2.19. The number of rotatable bonds is 3. The molecule has 98 valence electrons. The Balaban J connectivity index is 2.16. The van der Waals surface area contributed by atoms with E-state index in [-0.39, 0.29) is 17.8 Å². The number of sulfonamides is 1. The van der Waals surface area contributed by atoms with E-state index in [1.165, 1.54) is 0 Å². The Bertz CT molecular complexity index is 396. The lowest BCUT2D eigenvalue weighted by atomic mass is 10.3. The van der Waals surface area contributed by atoms with Crippen LogP contribution in [-0.4, -0.2) is 60.0 Å². The summed E-state index contributed by atoms with van der Waals surface area (Å²) in [6.45, 7) is 3.29. The third-order valence-electron chi connectivity index (χ3n) is 3.10. The average Bonchev–Trinajstić information content (AvgIpc) is 2.50. The number of fused-ring (bicyclic) bond motifs is 1. The minimum Gasteiger partial charge on any atom is -0.322 e. The highest BCUT2D eigenvalue weighted by molar-refractivity contribution is 8.00. The van der Waals surface area contributed by atoms with E-state index in [0.717, 1.165) is 22.9 Å². The number of carbonyl (C=O) groups is 1. The number of carbonyl (C=O) groups excluding carboxylic acids is 1. The van der Waals surface area contributed by atoms with Gasteiger partial charge in [-0.2, -0.15) is 11.8 Å². The van der Waals surface area contributed by atoms with Crippen LogP contribution in [0.2, 0.25) is 0 Å². The first-order valence-corrected chi connectivity index (χ1v) is 8.71. The summed E-state index contributed by atoms with van der Waals surface area (Å²) in [5.41, 5.74) is 0. The topological polar surface area (TPSA) is 57.7 Å². The van der Waals surface area contributed by atoms with Crippen LogP contribution in [0.1, 0.15) is 19.8 Å². The van der Waals surface area contributed by atoms with Crippen molar-refractivity contribution in [2.45, 2.75) is 25.8 Å². The van der Waals surface area contributed by atoms with E-state index in [1.807, 2.05) is 0 Å². The largest absolute Gasteiger partial charge is 0.334 e. The molecule has 2 rings (SSSR count). The lowest BCUT2D eigenvalue weighted by Gasteiger charge is -2.19. The fourth-order valence-corrected chi connectivity index (χ4v) is 5.43. The van der Waals surface area contributed by atoms with Gasteiger partial charge in [-0.15, -0.1) is 0 Å². The van der Waals surface area contributed by atoms with E-state index < -0.39 is 10.0 Å². The van der Waals surface area contributed by atoms with Crippen molar-refractivity contribution in [2.24, 2.45) is 0 Å². The highest BCUT2D eigenvalue weighted by atomic mass is 32.2. The minimum atomic E-state index is -3.38. The average molecular weight is 278 g/mol. The molecule has 7 heteroatoms. The van der Waals surface area contributed by atoms with E-state index in [1.54, 1.807) is 16.7 Å². The van der Waals surface area contributed by atoms with Gasteiger partial charge in [0.05, 0.1) is 11.8 Å². The van der Waals surface area contributed by atoms with Gasteiger partial charge in [-0.05, 0) is 6.42 Å². The molecule has 2 aliphatic heterocycles. The Morgan fingerprint density at radius 3 is 2.94 bits per heavy atom. The van der Waals surface area contributed by atoms with E-state index in [2.05, 4.69) is 6.92 Å².